The summed E-state index contributed by atoms with van der Waals surface area (Å²) in [5.41, 5.74) is 3.33. The van der Waals surface area contributed by atoms with Crippen molar-refractivity contribution in [3.63, 3.8) is 0 Å². The van der Waals surface area contributed by atoms with Crippen molar-refractivity contribution in [2.45, 2.75) is 19.6 Å². The lowest BCUT2D eigenvalue weighted by Crippen LogP contribution is -2.09. The van der Waals surface area contributed by atoms with E-state index in [1.165, 1.54) is 17.7 Å². The summed E-state index contributed by atoms with van der Waals surface area (Å²) in [6, 6.07) is 13.3. The molecular formula is C21H20F3N3O4. The number of anilines is 1. The maximum Gasteiger partial charge on any atom is 0.416 e. The highest BCUT2D eigenvalue weighted by Gasteiger charge is 2.29. The minimum atomic E-state index is -4.31. The highest BCUT2D eigenvalue weighted by atomic mass is 19.4. The van der Waals surface area contributed by atoms with Gasteiger partial charge < -0.3 is 20.1 Å². The molecule has 7 nitrogen and oxygen atoms in total. The van der Waals surface area contributed by atoms with Crippen LogP contribution in [-0.2, 0) is 29.4 Å². The third-order valence-electron chi connectivity index (χ3n) is 4.25. The Bertz CT molecular complexity index is 1030. The van der Waals surface area contributed by atoms with Gasteiger partial charge in [0.15, 0.2) is 0 Å². The number of carboxylic acids is 2. The van der Waals surface area contributed by atoms with E-state index >= 15 is 0 Å². The van der Waals surface area contributed by atoms with Gasteiger partial charge in [-0.05, 0) is 30.2 Å². The van der Waals surface area contributed by atoms with Crippen molar-refractivity contribution in [1.82, 2.24) is 9.55 Å². The van der Waals surface area contributed by atoms with E-state index in [4.69, 9.17) is 19.8 Å². The molecule has 0 spiro atoms. The summed E-state index contributed by atoms with van der Waals surface area (Å²) in [5, 5.41) is 17.9. The number of benzene rings is 2. The van der Waals surface area contributed by atoms with E-state index in [0.717, 1.165) is 29.0 Å². The molecule has 3 rings (SSSR count). The van der Waals surface area contributed by atoms with Crippen LogP contribution < -0.4 is 5.32 Å². The largest absolute Gasteiger partial charge is 0.473 e. The molecule has 31 heavy (non-hydrogen) atoms. The van der Waals surface area contributed by atoms with Crippen LogP contribution in [0.5, 0.6) is 0 Å². The number of aliphatic carboxylic acids is 2. The van der Waals surface area contributed by atoms with Crippen LogP contribution in [0.1, 0.15) is 16.7 Å². The molecule has 0 saturated carbocycles. The number of nitrogens with zero attached hydrogens (tertiary/aromatic N) is 2. The first-order valence-electron chi connectivity index (χ1n) is 8.94. The zero-order valence-electron chi connectivity index (χ0n) is 16.6. The Morgan fingerprint density at radius 2 is 1.55 bits per heavy atom. The second-order valence-corrected chi connectivity index (χ2v) is 6.55. The number of carbonyl (C=O) groups is 2. The number of aromatic nitrogens is 2. The number of hydrogen-bond donors (Lipinski definition) is 3. The van der Waals surface area contributed by atoms with Gasteiger partial charge >= 0.3 is 18.1 Å². The minimum absolute atomic E-state index is 0.399. The van der Waals surface area contributed by atoms with E-state index < -0.39 is 23.7 Å². The molecule has 0 aliphatic heterocycles. The first-order valence-corrected chi connectivity index (χ1v) is 8.94. The van der Waals surface area contributed by atoms with Crippen LogP contribution >= 0.6 is 0 Å². The fourth-order valence-electron chi connectivity index (χ4n) is 2.56. The Balaban J connectivity index is 0.000000501. The smallest absolute Gasteiger partial charge is 0.416 e. The van der Waals surface area contributed by atoms with Crippen LogP contribution in [0.25, 0.3) is 11.3 Å². The topological polar surface area (TPSA) is 104 Å². The van der Waals surface area contributed by atoms with Gasteiger partial charge in [-0.25, -0.2) is 14.6 Å². The number of aryl methyl sites for hydroxylation is 1. The fourth-order valence-corrected chi connectivity index (χ4v) is 2.56. The van der Waals surface area contributed by atoms with Gasteiger partial charge in [0.2, 0.25) is 5.95 Å². The average molecular weight is 435 g/mol. The van der Waals surface area contributed by atoms with Crippen LogP contribution in [0.4, 0.5) is 19.1 Å². The molecule has 1 aromatic heterocycles. The highest BCUT2D eigenvalue weighted by Crippen LogP contribution is 2.29. The lowest BCUT2D eigenvalue weighted by atomic mass is 10.1. The molecule has 0 amide bonds. The van der Waals surface area contributed by atoms with Crippen LogP contribution in [0.2, 0.25) is 0 Å². The number of hydrogen-bond acceptors (Lipinski definition) is 4. The van der Waals surface area contributed by atoms with Crippen molar-refractivity contribution in [3.8, 4) is 11.3 Å². The van der Waals surface area contributed by atoms with E-state index in [1.807, 2.05) is 42.8 Å². The van der Waals surface area contributed by atoms with E-state index in [0.29, 0.717) is 12.5 Å². The number of imidazole rings is 1. The predicted octanol–water partition coefficient (Wildman–Crippen LogP) is 4.18. The van der Waals surface area contributed by atoms with E-state index in [1.54, 1.807) is 6.20 Å². The summed E-state index contributed by atoms with van der Waals surface area (Å²) in [4.78, 5) is 22.6. The number of alkyl halides is 3. The van der Waals surface area contributed by atoms with Crippen molar-refractivity contribution in [3.05, 3.63) is 71.4 Å². The maximum atomic E-state index is 12.6. The minimum Gasteiger partial charge on any atom is -0.473 e. The van der Waals surface area contributed by atoms with Crippen LogP contribution in [0.3, 0.4) is 0 Å². The van der Waals surface area contributed by atoms with Gasteiger partial charge in [-0.1, -0.05) is 42.0 Å². The monoisotopic (exact) mass is 435 g/mol. The molecule has 0 bridgehead atoms. The molecule has 3 aromatic rings. The molecule has 10 heteroatoms. The number of carboxylic acid groups (broad SMARTS) is 2. The summed E-state index contributed by atoms with van der Waals surface area (Å²) in [6.45, 7) is 2.43. The number of rotatable bonds is 4. The Labute approximate surface area is 175 Å². The molecule has 2 aromatic carbocycles. The zero-order chi connectivity index (χ0) is 23.2. The van der Waals surface area contributed by atoms with Crippen molar-refractivity contribution < 1.29 is 33.0 Å². The van der Waals surface area contributed by atoms with Crippen molar-refractivity contribution >= 4 is 17.9 Å². The van der Waals surface area contributed by atoms with E-state index in [9.17, 15) is 13.2 Å². The molecule has 0 radical (unpaired) electrons. The number of halogens is 3. The summed E-state index contributed by atoms with van der Waals surface area (Å²) in [6.07, 6.45) is -2.53. The lowest BCUT2D eigenvalue weighted by Gasteiger charge is -2.10. The Kier molecular flexibility index (Phi) is 7.41. The van der Waals surface area contributed by atoms with Crippen LogP contribution in [0, 0.1) is 6.92 Å². The molecule has 0 unspecified atom stereocenters. The second kappa shape index (κ2) is 9.79. The number of nitrogens with one attached hydrogen (secondary N) is 1. The van der Waals surface area contributed by atoms with Gasteiger partial charge in [0.25, 0.3) is 0 Å². The van der Waals surface area contributed by atoms with Crippen molar-refractivity contribution in [2.75, 3.05) is 5.32 Å². The molecular weight excluding hydrogens is 415 g/mol. The maximum absolute atomic E-state index is 12.6. The van der Waals surface area contributed by atoms with Gasteiger partial charge in [-0.3, -0.25) is 0 Å². The second-order valence-electron chi connectivity index (χ2n) is 6.55. The molecule has 3 N–H and O–H groups in total. The molecule has 164 valence electrons. The summed E-state index contributed by atoms with van der Waals surface area (Å²) < 4.78 is 39.7. The summed E-state index contributed by atoms with van der Waals surface area (Å²) >= 11 is 0. The lowest BCUT2D eigenvalue weighted by molar-refractivity contribution is -0.159. The molecule has 1 heterocycles. The quantitative estimate of drug-likeness (QED) is 0.531. The highest BCUT2D eigenvalue weighted by molar-refractivity contribution is 6.27. The molecule has 0 aliphatic rings. The third kappa shape index (κ3) is 6.59. The molecule has 0 fully saturated rings. The van der Waals surface area contributed by atoms with Crippen LogP contribution in [0.15, 0.2) is 54.7 Å². The molecule has 0 saturated heterocycles. The molecule has 0 aliphatic carbocycles. The van der Waals surface area contributed by atoms with Gasteiger partial charge in [0.1, 0.15) is 0 Å². The third-order valence-corrected chi connectivity index (χ3v) is 4.25. The fraction of sp³-hybridized carbons (Fsp3) is 0.190. The van der Waals surface area contributed by atoms with E-state index in [2.05, 4.69) is 10.3 Å². The van der Waals surface area contributed by atoms with Gasteiger partial charge in [-0.15, -0.1) is 0 Å². The summed E-state index contributed by atoms with van der Waals surface area (Å²) in [7, 11) is 1.90. The van der Waals surface area contributed by atoms with Gasteiger partial charge in [-0.2, -0.15) is 13.2 Å². The van der Waals surface area contributed by atoms with Gasteiger partial charge in [0.05, 0.1) is 17.5 Å². The summed E-state index contributed by atoms with van der Waals surface area (Å²) in [5.74, 6) is -2.99. The Morgan fingerprint density at radius 1 is 1.00 bits per heavy atom. The first kappa shape index (κ1) is 23.5. The standard InChI is InChI=1S/C19H18F3N3.C2H2O4/c1-13-3-7-15(8-4-13)17-12-24-18(25(17)2)23-11-14-5-9-16(10-6-14)19(20,21)22;3-1(4)2(5)6/h3-10,12H,11H2,1-2H3,(H,23,24);(H,3,4)(H,5,6). The Hall–Kier alpha value is -3.82. The average Bonchev–Trinajstić information content (AvgIpc) is 3.07. The molecule has 0 atom stereocenters. The van der Waals surface area contributed by atoms with Crippen LogP contribution in [-0.4, -0.2) is 31.7 Å². The van der Waals surface area contributed by atoms with E-state index in [-0.39, 0.29) is 0 Å². The van der Waals surface area contributed by atoms with Crippen molar-refractivity contribution in [1.29, 1.82) is 0 Å². The van der Waals surface area contributed by atoms with Crippen molar-refractivity contribution in [2.24, 2.45) is 7.05 Å². The van der Waals surface area contributed by atoms with Gasteiger partial charge in [0, 0.05) is 13.6 Å². The zero-order valence-corrected chi connectivity index (χ0v) is 16.6. The predicted molar refractivity (Wildman–Crippen MR) is 107 cm³/mol. The first-order chi connectivity index (χ1) is 14.5. The normalized spacial score (nSPS) is 10.7. The SMILES string of the molecule is Cc1ccc(-c2cnc(NCc3ccc(C(F)(F)F)cc3)n2C)cc1.O=C(O)C(=O)O. The Morgan fingerprint density at radius 3 is 2.03 bits per heavy atom.